The molecule has 0 saturated carbocycles. The van der Waals surface area contributed by atoms with E-state index in [0.717, 1.165) is 0 Å². The van der Waals surface area contributed by atoms with E-state index in [9.17, 15) is 26.0 Å². The Kier molecular flexibility index (Phi) is 9.69. The molecule has 0 rings (SSSR count). The second-order valence-corrected chi connectivity index (χ2v) is 4.89. The highest BCUT2D eigenvalue weighted by molar-refractivity contribution is 7.86. The first-order valence-corrected chi connectivity index (χ1v) is 6.68. The summed E-state index contributed by atoms with van der Waals surface area (Å²) >= 11 is 0. The number of unbranched alkanes of at least 4 members (excludes halogenated alkanes) is 4. The molecule has 0 aliphatic heterocycles. The van der Waals surface area contributed by atoms with Gasteiger partial charge >= 0.3 is 21.8 Å². The quantitative estimate of drug-likeness (QED) is 0.459. The lowest BCUT2D eigenvalue weighted by Crippen LogP contribution is -2.35. The van der Waals surface area contributed by atoms with E-state index < -0.39 is 21.8 Å². The van der Waals surface area contributed by atoms with Gasteiger partial charge in [-0.1, -0.05) is 46.0 Å². The van der Waals surface area contributed by atoms with Crippen LogP contribution in [0.25, 0.3) is 0 Å². The molecule has 0 aliphatic rings. The molecule has 0 aliphatic carbocycles. The number of halogens is 4. The van der Waals surface area contributed by atoms with Crippen LogP contribution in [0.4, 0.5) is 17.6 Å². The molecule has 0 saturated heterocycles. The van der Waals surface area contributed by atoms with Crippen LogP contribution in [0.5, 0.6) is 0 Å². The van der Waals surface area contributed by atoms with Crippen LogP contribution in [0.2, 0.25) is 0 Å². The van der Waals surface area contributed by atoms with Gasteiger partial charge in [0, 0.05) is 0 Å². The van der Waals surface area contributed by atoms with E-state index in [0.29, 0.717) is 0 Å². The van der Waals surface area contributed by atoms with E-state index in [-0.39, 0.29) is 0 Å². The Bertz CT molecular complexity index is 274. The van der Waals surface area contributed by atoms with E-state index >= 15 is 0 Å². The summed E-state index contributed by atoms with van der Waals surface area (Å²) in [5.74, 6) is 0. The van der Waals surface area contributed by atoms with Crippen molar-refractivity contribution in [1.29, 1.82) is 0 Å². The molecule has 0 aromatic rings. The van der Waals surface area contributed by atoms with Gasteiger partial charge in [0.05, 0.1) is 0 Å². The highest BCUT2D eigenvalue weighted by Crippen LogP contribution is 2.27. The molecule has 0 heterocycles. The first-order valence-electron chi connectivity index (χ1n) is 5.24. The van der Waals surface area contributed by atoms with Crippen molar-refractivity contribution in [2.75, 3.05) is 0 Å². The fourth-order valence-corrected chi connectivity index (χ4v) is 1.01. The molecule has 0 atom stereocenters. The van der Waals surface area contributed by atoms with Crippen molar-refractivity contribution in [2.45, 2.75) is 57.6 Å². The highest BCUT2D eigenvalue weighted by Gasteiger charge is 2.53. The third-order valence-electron chi connectivity index (χ3n) is 1.81. The molecule has 17 heavy (non-hydrogen) atoms. The first kappa shape index (κ1) is 19.0. The Morgan fingerprint density at radius 1 is 1.06 bits per heavy atom. The molecular weight excluding hydrogens is 264 g/mol. The molecule has 0 aromatic heterocycles. The highest BCUT2D eigenvalue weighted by atomic mass is 32.2. The Hall–Kier alpha value is -0.370. The standard InChI is InChI=1S/C7H16.C2H2F4O3S/c1-3-5-7-6-4-2;3-1(4)2(5,6)10(7,8)9/h3-7H2,1-2H3;1H,(H,7,8,9). The van der Waals surface area contributed by atoms with Gasteiger partial charge in [0.15, 0.2) is 0 Å². The van der Waals surface area contributed by atoms with Crippen LogP contribution in [-0.4, -0.2) is 24.7 Å². The molecule has 0 unspecified atom stereocenters. The lowest BCUT2D eigenvalue weighted by molar-refractivity contribution is -0.0687. The Labute approximate surface area is 99.0 Å². The summed E-state index contributed by atoms with van der Waals surface area (Å²) in [5, 5.41) is -5.37. The summed E-state index contributed by atoms with van der Waals surface area (Å²) in [5.41, 5.74) is 0. The van der Waals surface area contributed by atoms with Crippen LogP contribution in [0.15, 0.2) is 0 Å². The third-order valence-corrected chi connectivity index (χ3v) is 2.67. The molecule has 0 radical (unpaired) electrons. The van der Waals surface area contributed by atoms with Crippen LogP contribution >= 0.6 is 0 Å². The van der Waals surface area contributed by atoms with E-state index in [1.807, 2.05) is 0 Å². The summed E-state index contributed by atoms with van der Waals surface area (Å²) < 4.78 is 71.3. The van der Waals surface area contributed by atoms with Crippen LogP contribution in [0.1, 0.15) is 46.0 Å². The number of alkyl halides is 4. The molecular formula is C9H18F4O3S. The van der Waals surface area contributed by atoms with Gasteiger partial charge in [-0.2, -0.15) is 17.2 Å². The summed E-state index contributed by atoms with van der Waals surface area (Å²) in [6, 6.07) is 0. The summed E-state index contributed by atoms with van der Waals surface area (Å²) in [7, 11) is -5.98. The Balaban J connectivity index is 0. The molecule has 3 nitrogen and oxygen atoms in total. The van der Waals surface area contributed by atoms with Gasteiger partial charge in [0.2, 0.25) is 0 Å². The first-order chi connectivity index (χ1) is 7.61. The molecule has 0 spiro atoms. The third kappa shape index (κ3) is 8.37. The average molecular weight is 282 g/mol. The minimum Gasteiger partial charge on any atom is -0.281 e. The predicted octanol–water partition coefficient (Wildman–Crippen LogP) is 3.71. The van der Waals surface area contributed by atoms with Gasteiger partial charge in [-0.25, -0.2) is 8.78 Å². The zero-order valence-electron chi connectivity index (χ0n) is 9.80. The normalized spacial score (nSPS) is 12.2. The smallest absolute Gasteiger partial charge is 0.281 e. The SMILES string of the molecule is CCCCCCC.O=S(=O)(O)C(F)(F)C(F)F. The van der Waals surface area contributed by atoms with E-state index in [4.69, 9.17) is 4.55 Å². The molecule has 106 valence electrons. The van der Waals surface area contributed by atoms with Crippen molar-refractivity contribution in [3.05, 3.63) is 0 Å². The van der Waals surface area contributed by atoms with Crippen molar-refractivity contribution in [3.8, 4) is 0 Å². The maximum atomic E-state index is 11.5. The Morgan fingerprint density at radius 3 is 1.53 bits per heavy atom. The number of rotatable bonds is 6. The van der Waals surface area contributed by atoms with Gasteiger partial charge in [-0.15, -0.1) is 0 Å². The lowest BCUT2D eigenvalue weighted by Gasteiger charge is -2.09. The topological polar surface area (TPSA) is 54.4 Å². The minimum absolute atomic E-state index is 1.36. The van der Waals surface area contributed by atoms with Crippen LogP contribution in [0, 0.1) is 0 Å². The summed E-state index contributed by atoms with van der Waals surface area (Å²) in [6.45, 7) is 4.49. The van der Waals surface area contributed by atoms with Crippen LogP contribution in [0.3, 0.4) is 0 Å². The summed E-state index contributed by atoms with van der Waals surface area (Å²) in [6.07, 6.45) is 2.59. The van der Waals surface area contributed by atoms with Crippen LogP contribution in [-0.2, 0) is 10.1 Å². The van der Waals surface area contributed by atoms with Crippen molar-refractivity contribution in [2.24, 2.45) is 0 Å². The molecule has 8 heteroatoms. The number of hydrogen-bond donors (Lipinski definition) is 1. The Morgan fingerprint density at radius 2 is 1.41 bits per heavy atom. The lowest BCUT2D eigenvalue weighted by atomic mass is 10.2. The maximum absolute atomic E-state index is 11.5. The van der Waals surface area contributed by atoms with Gasteiger partial charge in [-0.3, -0.25) is 4.55 Å². The maximum Gasteiger partial charge on any atom is 0.428 e. The molecule has 0 aromatic carbocycles. The molecule has 0 amide bonds. The zero-order chi connectivity index (χ0) is 14.1. The molecule has 1 N–H and O–H groups in total. The van der Waals surface area contributed by atoms with Crippen molar-refractivity contribution < 1.29 is 30.5 Å². The van der Waals surface area contributed by atoms with E-state index in [1.165, 1.54) is 32.1 Å². The molecule has 0 fully saturated rings. The monoisotopic (exact) mass is 282 g/mol. The van der Waals surface area contributed by atoms with Gasteiger partial charge in [-0.05, 0) is 0 Å². The molecule has 0 bridgehead atoms. The number of hydrogen-bond acceptors (Lipinski definition) is 2. The van der Waals surface area contributed by atoms with Crippen molar-refractivity contribution in [3.63, 3.8) is 0 Å². The average Bonchev–Trinajstić information content (AvgIpc) is 2.17. The zero-order valence-corrected chi connectivity index (χ0v) is 10.6. The largest absolute Gasteiger partial charge is 0.428 e. The fraction of sp³-hybridized carbons (Fsp3) is 1.00. The minimum atomic E-state index is -5.98. The van der Waals surface area contributed by atoms with E-state index in [1.54, 1.807) is 0 Å². The second kappa shape index (κ2) is 8.68. The predicted molar refractivity (Wildman–Crippen MR) is 56.9 cm³/mol. The van der Waals surface area contributed by atoms with Gasteiger partial charge < -0.3 is 0 Å². The van der Waals surface area contributed by atoms with Crippen molar-refractivity contribution in [1.82, 2.24) is 0 Å². The van der Waals surface area contributed by atoms with E-state index in [2.05, 4.69) is 13.8 Å². The van der Waals surface area contributed by atoms with Gasteiger partial charge in [0.25, 0.3) is 0 Å². The summed E-state index contributed by atoms with van der Waals surface area (Å²) in [4.78, 5) is 0. The van der Waals surface area contributed by atoms with Crippen LogP contribution < -0.4 is 0 Å². The van der Waals surface area contributed by atoms with Crippen molar-refractivity contribution >= 4 is 10.1 Å². The van der Waals surface area contributed by atoms with Gasteiger partial charge in [0.1, 0.15) is 0 Å². The fourth-order valence-electron chi connectivity index (χ4n) is 0.789. The second-order valence-electron chi connectivity index (χ2n) is 3.40.